The lowest BCUT2D eigenvalue weighted by Gasteiger charge is -2.39. The Balaban J connectivity index is 2.70. The number of ether oxygens (including phenoxy) is 2. The third kappa shape index (κ3) is 5.54. The molecular weight excluding hydrogens is 288 g/mol. The lowest BCUT2D eigenvalue weighted by atomic mass is 10.2. The van der Waals surface area contributed by atoms with Crippen molar-refractivity contribution in [2.75, 3.05) is 19.6 Å². The summed E-state index contributed by atoms with van der Waals surface area (Å²) in [7, 11) is 0. The first-order valence-corrected chi connectivity index (χ1v) is 7.36. The zero-order valence-corrected chi connectivity index (χ0v) is 14.2. The zero-order valence-electron chi connectivity index (χ0n) is 14.2. The first kappa shape index (κ1) is 18.3. The van der Waals surface area contributed by atoms with Crippen molar-refractivity contribution in [2.45, 2.75) is 58.8 Å². The molecule has 1 atom stereocenters. The van der Waals surface area contributed by atoms with Crippen LogP contribution >= 0.6 is 0 Å². The molecule has 0 aromatic rings. The number of aldehydes is 1. The fraction of sp³-hybridized carbons (Fsp3) is 0.800. The van der Waals surface area contributed by atoms with Gasteiger partial charge in [-0.25, -0.2) is 9.59 Å². The van der Waals surface area contributed by atoms with E-state index in [9.17, 15) is 14.4 Å². The van der Waals surface area contributed by atoms with E-state index < -0.39 is 29.4 Å². The van der Waals surface area contributed by atoms with Crippen molar-refractivity contribution in [1.29, 1.82) is 0 Å². The first-order chi connectivity index (χ1) is 9.93. The second kappa shape index (κ2) is 6.54. The predicted octanol–water partition coefficient (Wildman–Crippen LogP) is 2.04. The van der Waals surface area contributed by atoms with E-state index in [-0.39, 0.29) is 13.1 Å². The van der Waals surface area contributed by atoms with Gasteiger partial charge in [0.1, 0.15) is 23.5 Å². The van der Waals surface area contributed by atoms with Gasteiger partial charge in [-0.05, 0) is 41.5 Å². The van der Waals surface area contributed by atoms with Crippen LogP contribution in [0.4, 0.5) is 9.59 Å². The summed E-state index contributed by atoms with van der Waals surface area (Å²) in [6.07, 6.45) is -0.378. The summed E-state index contributed by atoms with van der Waals surface area (Å²) in [5.41, 5.74) is -1.23. The van der Waals surface area contributed by atoms with E-state index >= 15 is 0 Å². The molecule has 0 bridgehead atoms. The number of hydrogen-bond donors (Lipinski definition) is 0. The lowest BCUT2D eigenvalue weighted by Crippen LogP contribution is -2.58. The third-order valence-corrected chi connectivity index (χ3v) is 2.86. The number of rotatable bonds is 1. The predicted molar refractivity (Wildman–Crippen MR) is 80.6 cm³/mol. The van der Waals surface area contributed by atoms with Gasteiger partial charge in [-0.3, -0.25) is 4.90 Å². The minimum atomic E-state index is -0.726. The van der Waals surface area contributed by atoms with Crippen molar-refractivity contribution >= 4 is 18.5 Å². The van der Waals surface area contributed by atoms with Gasteiger partial charge in [-0.15, -0.1) is 0 Å². The number of piperazine rings is 1. The molecule has 1 aliphatic rings. The summed E-state index contributed by atoms with van der Waals surface area (Å²) < 4.78 is 10.6. The zero-order chi connectivity index (χ0) is 17.1. The Bertz CT molecular complexity index is 436. The molecule has 0 unspecified atom stereocenters. The van der Waals surface area contributed by atoms with E-state index in [0.29, 0.717) is 12.8 Å². The molecule has 0 aromatic heterocycles. The average molecular weight is 314 g/mol. The highest BCUT2D eigenvalue weighted by Gasteiger charge is 2.36. The van der Waals surface area contributed by atoms with Crippen molar-refractivity contribution in [3.63, 3.8) is 0 Å². The summed E-state index contributed by atoms with van der Waals surface area (Å²) in [6.45, 7) is 11.3. The van der Waals surface area contributed by atoms with Gasteiger partial charge in [-0.1, -0.05) is 0 Å². The maximum Gasteiger partial charge on any atom is 0.411 e. The second-order valence-electron chi connectivity index (χ2n) is 7.30. The normalized spacial score (nSPS) is 19.6. The molecule has 0 N–H and O–H groups in total. The van der Waals surface area contributed by atoms with Crippen LogP contribution in [0.25, 0.3) is 0 Å². The van der Waals surface area contributed by atoms with Gasteiger partial charge >= 0.3 is 12.2 Å². The number of nitrogens with zero attached hydrogens (tertiary/aromatic N) is 2. The largest absolute Gasteiger partial charge is 0.444 e. The van der Waals surface area contributed by atoms with E-state index in [0.717, 1.165) is 0 Å². The molecule has 0 spiro atoms. The monoisotopic (exact) mass is 314 g/mol. The van der Waals surface area contributed by atoms with Gasteiger partial charge in [0.25, 0.3) is 0 Å². The quantitative estimate of drug-likeness (QED) is 0.692. The molecule has 1 rings (SSSR count). The molecule has 0 aromatic carbocycles. The highest BCUT2D eigenvalue weighted by atomic mass is 16.6. The molecule has 0 saturated carbocycles. The van der Waals surface area contributed by atoms with E-state index in [1.807, 2.05) is 0 Å². The molecular formula is C15H26N2O5. The highest BCUT2D eigenvalue weighted by Crippen LogP contribution is 2.17. The maximum atomic E-state index is 12.1. The summed E-state index contributed by atoms with van der Waals surface area (Å²) in [5.74, 6) is 0. The Hall–Kier alpha value is -1.79. The number of carbonyl (C=O) groups excluding carboxylic acids is 3. The van der Waals surface area contributed by atoms with Gasteiger partial charge in [0.05, 0.1) is 6.54 Å². The number of carbonyl (C=O) groups is 3. The maximum absolute atomic E-state index is 12.1. The van der Waals surface area contributed by atoms with Crippen LogP contribution in [0.5, 0.6) is 0 Å². The van der Waals surface area contributed by atoms with Crippen molar-refractivity contribution in [1.82, 2.24) is 9.80 Å². The summed E-state index contributed by atoms with van der Waals surface area (Å²) in [5, 5.41) is 0. The average Bonchev–Trinajstić information content (AvgIpc) is 2.33. The van der Waals surface area contributed by atoms with Crippen LogP contribution in [0.2, 0.25) is 0 Å². The van der Waals surface area contributed by atoms with Crippen LogP contribution in [0.3, 0.4) is 0 Å². The molecule has 0 radical (unpaired) electrons. The van der Waals surface area contributed by atoms with E-state index in [4.69, 9.17) is 9.47 Å². The van der Waals surface area contributed by atoms with Crippen molar-refractivity contribution < 1.29 is 23.9 Å². The minimum Gasteiger partial charge on any atom is -0.444 e. The van der Waals surface area contributed by atoms with Gasteiger partial charge in [0, 0.05) is 13.1 Å². The minimum absolute atomic E-state index is 0.109. The van der Waals surface area contributed by atoms with Crippen LogP contribution in [0, 0.1) is 0 Å². The van der Waals surface area contributed by atoms with E-state index in [2.05, 4.69) is 0 Å². The topological polar surface area (TPSA) is 76.2 Å². The SMILES string of the molecule is CC(C)(C)OC(=O)N1CCN(C(=O)OC(C)(C)C)[C@@H](C=O)C1. The molecule has 7 heteroatoms. The van der Waals surface area contributed by atoms with Gasteiger partial charge in [0.15, 0.2) is 0 Å². The molecule has 22 heavy (non-hydrogen) atoms. The Morgan fingerprint density at radius 1 is 0.955 bits per heavy atom. The fourth-order valence-corrected chi connectivity index (χ4v) is 1.97. The van der Waals surface area contributed by atoms with Crippen LogP contribution in [-0.4, -0.2) is 65.2 Å². The molecule has 126 valence electrons. The van der Waals surface area contributed by atoms with Gasteiger partial charge in [0.2, 0.25) is 0 Å². The van der Waals surface area contributed by atoms with Crippen LogP contribution in [-0.2, 0) is 14.3 Å². The Morgan fingerprint density at radius 3 is 1.91 bits per heavy atom. The van der Waals surface area contributed by atoms with Crippen molar-refractivity contribution in [3.8, 4) is 0 Å². The Morgan fingerprint density at radius 2 is 1.45 bits per heavy atom. The molecule has 1 saturated heterocycles. The van der Waals surface area contributed by atoms with E-state index in [1.54, 1.807) is 41.5 Å². The molecule has 7 nitrogen and oxygen atoms in total. The third-order valence-electron chi connectivity index (χ3n) is 2.86. The second-order valence-corrected chi connectivity index (χ2v) is 7.30. The summed E-state index contributed by atoms with van der Waals surface area (Å²) in [6, 6.07) is -0.726. The molecule has 1 fully saturated rings. The highest BCUT2D eigenvalue weighted by molar-refractivity contribution is 5.76. The summed E-state index contributed by atoms with van der Waals surface area (Å²) in [4.78, 5) is 38.2. The first-order valence-electron chi connectivity index (χ1n) is 7.36. The van der Waals surface area contributed by atoms with Crippen LogP contribution in [0.15, 0.2) is 0 Å². The van der Waals surface area contributed by atoms with Crippen molar-refractivity contribution in [2.24, 2.45) is 0 Å². The Kier molecular flexibility index (Phi) is 5.43. The van der Waals surface area contributed by atoms with Gasteiger partial charge in [-0.2, -0.15) is 0 Å². The molecule has 0 aliphatic carbocycles. The number of amides is 2. The molecule has 2 amide bonds. The van der Waals surface area contributed by atoms with E-state index in [1.165, 1.54) is 9.80 Å². The number of hydrogen-bond acceptors (Lipinski definition) is 5. The Labute approximate surface area is 131 Å². The summed E-state index contributed by atoms with van der Waals surface area (Å²) >= 11 is 0. The molecule has 1 aliphatic heterocycles. The standard InChI is InChI=1S/C15H26N2O5/c1-14(2,3)21-12(19)16-7-8-17(11(9-16)10-18)13(20)22-15(4,5)6/h10-11H,7-9H2,1-6H3/t11-/m1/s1. The van der Waals surface area contributed by atoms with Crippen LogP contribution < -0.4 is 0 Å². The van der Waals surface area contributed by atoms with Crippen LogP contribution in [0.1, 0.15) is 41.5 Å². The van der Waals surface area contributed by atoms with Crippen molar-refractivity contribution in [3.05, 3.63) is 0 Å². The van der Waals surface area contributed by atoms with Gasteiger partial charge < -0.3 is 19.2 Å². The molecule has 1 heterocycles. The fourth-order valence-electron chi connectivity index (χ4n) is 1.97. The lowest BCUT2D eigenvalue weighted by molar-refractivity contribution is -0.114. The smallest absolute Gasteiger partial charge is 0.411 e.